The van der Waals surface area contributed by atoms with E-state index in [-0.39, 0.29) is 0 Å². The quantitative estimate of drug-likeness (QED) is 0.729. The fourth-order valence-electron chi connectivity index (χ4n) is 2.10. The number of hydrogen-bond donors (Lipinski definition) is 1. The molecule has 0 saturated carbocycles. The molecule has 0 aromatic heterocycles. The van der Waals surface area contributed by atoms with Crippen molar-refractivity contribution in [2.24, 2.45) is 0 Å². The lowest BCUT2D eigenvalue weighted by Crippen LogP contribution is -2.24. The summed E-state index contributed by atoms with van der Waals surface area (Å²) in [4.78, 5) is 0. The van der Waals surface area contributed by atoms with E-state index >= 15 is 0 Å². The maximum absolute atomic E-state index is 6.02. The number of benzene rings is 2. The zero-order chi connectivity index (χ0) is 15.9. The van der Waals surface area contributed by atoms with Gasteiger partial charge in [-0.15, -0.1) is 0 Å². The molecule has 2 aromatic carbocycles. The molecule has 2 rings (SSSR count). The smallest absolute Gasteiger partial charge is 0.124 e. The van der Waals surface area contributed by atoms with E-state index in [0.29, 0.717) is 12.6 Å². The summed E-state index contributed by atoms with van der Waals surface area (Å²) in [7, 11) is 0. The van der Waals surface area contributed by atoms with Gasteiger partial charge in [-0.05, 0) is 44.0 Å². The first kappa shape index (κ1) is 17.0. The summed E-state index contributed by atoms with van der Waals surface area (Å²) in [6.45, 7) is 7.89. The SMILES string of the molecule is CCC(C)NCc1cc(Br)ccc1OCc1ccc(C)cc1. The zero-order valence-corrected chi connectivity index (χ0v) is 15.1. The zero-order valence-electron chi connectivity index (χ0n) is 13.5. The van der Waals surface area contributed by atoms with Crippen molar-refractivity contribution in [2.75, 3.05) is 0 Å². The Balaban J connectivity index is 2.04. The number of nitrogens with one attached hydrogen (secondary N) is 1. The van der Waals surface area contributed by atoms with Gasteiger partial charge in [0.05, 0.1) is 0 Å². The van der Waals surface area contributed by atoms with Gasteiger partial charge in [-0.3, -0.25) is 0 Å². The van der Waals surface area contributed by atoms with E-state index in [1.165, 1.54) is 16.7 Å². The first-order valence-corrected chi connectivity index (χ1v) is 8.58. The molecule has 0 heterocycles. The molecule has 1 atom stereocenters. The molecule has 0 aliphatic rings. The Hall–Kier alpha value is -1.32. The van der Waals surface area contributed by atoms with Gasteiger partial charge in [-0.1, -0.05) is 52.7 Å². The van der Waals surface area contributed by atoms with Crippen molar-refractivity contribution in [3.8, 4) is 5.75 Å². The third-order valence-corrected chi connectivity index (χ3v) is 4.28. The van der Waals surface area contributed by atoms with Crippen molar-refractivity contribution in [1.82, 2.24) is 5.32 Å². The Bertz CT molecular complexity index is 595. The van der Waals surface area contributed by atoms with E-state index in [4.69, 9.17) is 4.74 Å². The van der Waals surface area contributed by atoms with Crippen LogP contribution in [0, 0.1) is 6.92 Å². The Kier molecular flexibility index (Phi) is 6.47. The molecule has 0 radical (unpaired) electrons. The van der Waals surface area contributed by atoms with Crippen LogP contribution < -0.4 is 10.1 Å². The standard InChI is InChI=1S/C19H24BrNO/c1-4-15(3)21-12-17-11-18(20)9-10-19(17)22-13-16-7-5-14(2)6-8-16/h5-11,15,21H,4,12-13H2,1-3H3. The Morgan fingerprint density at radius 2 is 1.86 bits per heavy atom. The van der Waals surface area contributed by atoms with E-state index < -0.39 is 0 Å². The predicted octanol–water partition coefficient (Wildman–Crippen LogP) is 5.22. The second-order valence-corrected chi connectivity index (χ2v) is 6.63. The van der Waals surface area contributed by atoms with Crippen LogP contribution in [0.15, 0.2) is 46.9 Å². The lowest BCUT2D eigenvalue weighted by Gasteiger charge is -2.15. The number of hydrogen-bond acceptors (Lipinski definition) is 2. The van der Waals surface area contributed by atoms with E-state index in [1.807, 2.05) is 12.1 Å². The minimum absolute atomic E-state index is 0.504. The number of rotatable bonds is 7. The lowest BCUT2D eigenvalue weighted by atomic mass is 10.1. The number of aryl methyl sites for hydroxylation is 1. The summed E-state index contributed by atoms with van der Waals surface area (Å²) in [6, 6.07) is 15.2. The third kappa shape index (κ3) is 5.15. The predicted molar refractivity (Wildman–Crippen MR) is 96.2 cm³/mol. The third-order valence-electron chi connectivity index (χ3n) is 3.79. The second kappa shape index (κ2) is 8.35. The normalized spacial score (nSPS) is 12.2. The molecule has 0 saturated heterocycles. The molecule has 0 fully saturated rings. The van der Waals surface area contributed by atoms with Gasteiger partial charge in [0.2, 0.25) is 0 Å². The summed E-state index contributed by atoms with van der Waals surface area (Å²) in [5.74, 6) is 0.944. The Labute approximate surface area is 142 Å². The van der Waals surface area contributed by atoms with Crippen molar-refractivity contribution in [3.63, 3.8) is 0 Å². The number of halogens is 1. The molecule has 3 heteroatoms. The van der Waals surface area contributed by atoms with Gasteiger partial charge in [0.1, 0.15) is 12.4 Å². The van der Waals surface area contributed by atoms with Crippen LogP contribution in [-0.2, 0) is 13.2 Å². The van der Waals surface area contributed by atoms with Crippen molar-refractivity contribution in [3.05, 3.63) is 63.6 Å². The van der Waals surface area contributed by atoms with Crippen LogP contribution in [0.2, 0.25) is 0 Å². The summed E-state index contributed by atoms with van der Waals surface area (Å²) in [5, 5.41) is 3.52. The fraction of sp³-hybridized carbons (Fsp3) is 0.368. The van der Waals surface area contributed by atoms with Gasteiger partial charge in [0.25, 0.3) is 0 Å². The molecule has 0 aliphatic heterocycles. The van der Waals surface area contributed by atoms with Crippen LogP contribution in [0.5, 0.6) is 5.75 Å². The maximum Gasteiger partial charge on any atom is 0.124 e. The Morgan fingerprint density at radius 1 is 1.14 bits per heavy atom. The molecular formula is C19H24BrNO. The summed E-state index contributed by atoms with van der Waals surface area (Å²) in [5.41, 5.74) is 3.64. The summed E-state index contributed by atoms with van der Waals surface area (Å²) >= 11 is 3.54. The molecular weight excluding hydrogens is 338 g/mol. The topological polar surface area (TPSA) is 21.3 Å². The van der Waals surface area contributed by atoms with E-state index in [9.17, 15) is 0 Å². The van der Waals surface area contributed by atoms with Gasteiger partial charge < -0.3 is 10.1 Å². The molecule has 0 aliphatic carbocycles. The summed E-state index contributed by atoms with van der Waals surface area (Å²) < 4.78 is 7.10. The van der Waals surface area contributed by atoms with Crippen LogP contribution in [0.1, 0.15) is 37.0 Å². The van der Waals surface area contributed by atoms with E-state index in [0.717, 1.165) is 23.2 Å². The molecule has 0 spiro atoms. The highest BCUT2D eigenvalue weighted by molar-refractivity contribution is 9.10. The van der Waals surface area contributed by atoms with Crippen molar-refractivity contribution < 1.29 is 4.74 Å². The Morgan fingerprint density at radius 3 is 2.55 bits per heavy atom. The fourth-order valence-corrected chi connectivity index (χ4v) is 2.51. The van der Waals surface area contributed by atoms with Crippen LogP contribution in [0.4, 0.5) is 0 Å². The molecule has 0 amide bonds. The van der Waals surface area contributed by atoms with E-state index in [2.05, 4.69) is 72.3 Å². The first-order valence-electron chi connectivity index (χ1n) is 7.78. The average molecular weight is 362 g/mol. The van der Waals surface area contributed by atoms with Crippen LogP contribution in [-0.4, -0.2) is 6.04 Å². The molecule has 2 nitrogen and oxygen atoms in total. The van der Waals surface area contributed by atoms with Crippen LogP contribution in [0.3, 0.4) is 0 Å². The van der Waals surface area contributed by atoms with Gasteiger partial charge in [-0.2, -0.15) is 0 Å². The van der Waals surface area contributed by atoms with Gasteiger partial charge >= 0.3 is 0 Å². The first-order chi connectivity index (χ1) is 10.6. The molecule has 0 bridgehead atoms. The maximum atomic E-state index is 6.02. The highest BCUT2D eigenvalue weighted by Gasteiger charge is 2.07. The number of ether oxygens (including phenoxy) is 1. The molecule has 2 aromatic rings. The second-order valence-electron chi connectivity index (χ2n) is 5.72. The van der Waals surface area contributed by atoms with Gasteiger partial charge in [0.15, 0.2) is 0 Å². The van der Waals surface area contributed by atoms with Crippen LogP contribution >= 0.6 is 15.9 Å². The monoisotopic (exact) mass is 361 g/mol. The minimum atomic E-state index is 0.504. The van der Waals surface area contributed by atoms with Crippen molar-refractivity contribution >= 4 is 15.9 Å². The molecule has 1 N–H and O–H groups in total. The van der Waals surface area contributed by atoms with Crippen molar-refractivity contribution in [1.29, 1.82) is 0 Å². The van der Waals surface area contributed by atoms with E-state index in [1.54, 1.807) is 0 Å². The largest absolute Gasteiger partial charge is 0.489 e. The molecule has 1 unspecified atom stereocenters. The molecule has 118 valence electrons. The highest BCUT2D eigenvalue weighted by atomic mass is 79.9. The lowest BCUT2D eigenvalue weighted by molar-refractivity contribution is 0.301. The summed E-state index contributed by atoms with van der Waals surface area (Å²) in [6.07, 6.45) is 1.12. The van der Waals surface area contributed by atoms with Gasteiger partial charge in [0, 0.05) is 22.6 Å². The molecule has 22 heavy (non-hydrogen) atoms. The minimum Gasteiger partial charge on any atom is -0.489 e. The van der Waals surface area contributed by atoms with Crippen molar-refractivity contribution in [2.45, 2.75) is 46.4 Å². The average Bonchev–Trinajstić information content (AvgIpc) is 2.53. The highest BCUT2D eigenvalue weighted by Crippen LogP contribution is 2.24. The van der Waals surface area contributed by atoms with Gasteiger partial charge in [-0.25, -0.2) is 0 Å². The van der Waals surface area contributed by atoms with Crippen LogP contribution in [0.25, 0.3) is 0 Å².